The molecule has 3 rings (SSSR count). The number of hydrogen-bond acceptors (Lipinski definition) is 3. The molecule has 0 saturated carbocycles. The predicted octanol–water partition coefficient (Wildman–Crippen LogP) is 3.93. The molecule has 0 spiro atoms. The topological polar surface area (TPSA) is 45.5 Å². The Bertz CT molecular complexity index is 703. The van der Waals surface area contributed by atoms with Crippen LogP contribution in [0.2, 0.25) is 0 Å². The molecule has 1 aromatic carbocycles. The van der Waals surface area contributed by atoms with Gasteiger partial charge in [0, 0.05) is 12.1 Å². The van der Waals surface area contributed by atoms with Crippen LogP contribution in [-0.4, -0.2) is 30.4 Å². The standard InChI is InChI=1S/C20H25FN2O2/c1-14-9-11-23(12-10-14)18(19-8-3-15(2)25-19)13-22-20(24)16-4-6-17(21)7-5-16/h3-8,14,18H,9-13H2,1-2H3,(H,22,24)/t18-/m0/s1. The zero-order valence-corrected chi connectivity index (χ0v) is 14.8. The Hall–Kier alpha value is -2.14. The van der Waals surface area contributed by atoms with Gasteiger partial charge in [-0.15, -0.1) is 0 Å². The summed E-state index contributed by atoms with van der Waals surface area (Å²) in [7, 11) is 0. The number of piperidine rings is 1. The van der Waals surface area contributed by atoms with E-state index in [1.807, 2.05) is 19.1 Å². The van der Waals surface area contributed by atoms with Gasteiger partial charge in [0.1, 0.15) is 17.3 Å². The summed E-state index contributed by atoms with van der Waals surface area (Å²) in [5.41, 5.74) is 0.461. The second kappa shape index (κ2) is 7.83. The first-order valence-corrected chi connectivity index (χ1v) is 8.87. The van der Waals surface area contributed by atoms with Crippen LogP contribution < -0.4 is 5.32 Å². The maximum absolute atomic E-state index is 13.0. The van der Waals surface area contributed by atoms with Crippen molar-refractivity contribution in [3.05, 3.63) is 59.3 Å². The van der Waals surface area contributed by atoms with Gasteiger partial charge in [0.15, 0.2) is 0 Å². The number of carbonyl (C=O) groups excluding carboxylic acids is 1. The highest BCUT2D eigenvalue weighted by molar-refractivity contribution is 5.94. The molecule has 2 heterocycles. The van der Waals surface area contributed by atoms with Crippen LogP contribution in [0.15, 0.2) is 40.8 Å². The highest BCUT2D eigenvalue weighted by Gasteiger charge is 2.27. The molecule has 1 aliphatic heterocycles. The molecule has 1 atom stereocenters. The molecule has 0 radical (unpaired) electrons. The van der Waals surface area contributed by atoms with E-state index in [0.717, 1.165) is 43.4 Å². The Morgan fingerprint density at radius 2 is 1.92 bits per heavy atom. The van der Waals surface area contributed by atoms with Gasteiger partial charge >= 0.3 is 0 Å². The highest BCUT2D eigenvalue weighted by atomic mass is 19.1. The van der Waals surface area contributed by atoms with E-state index in [-0.39, 0.29) is 17.8 Å². The first-order chi connectivity index (χ1) is 12.0. The van der Waals surface area contributed by atoms with Crippen molar-refractivity contribution in [2.45, 2.75) is 32.7 Å². The fourth-order valence-electron chi connectivity index (χ4n) is 3.28. The van der Waals surface area contributed by atoms with Crippen molar-refractivity contribution < 1.29 is 13.6 Å². The summed E-state index contributed by atoms with van der Waals surface area (Å²) in [6.07, 6.45) is 2.31. The molecule has 1 aliphatic rings. The molecule has 1 saturated heterocycles. The normalized spacial score (nSPS) is 17.4. The number of furan rings is 1. The number of halogens is 1. The molecule has 1 aromatic heterocycles. The van der Waals surface area contributed by atoms with Gasteiger partial charge in [0.25, 0.3) is 5.91 Å². The van der Waals surface area contributed by atoms with Gasteiger partial charge in [0.05, 0.1) is 6.04 Å². The molecule has 1 amide bonds. The summed E-state index contributed by atoms with van der Waals surface area (Å²) in [5, 5.41) is 2.97. The van der Waals surface area contributed by atoms with E-state index < -0.39 is 0 Å². The molecule has 0 aliphatic carbocycles. The van der Waals surface area contributed by atoms with Crippen LogP contribution in [0.5, 0.6) is 0 Å². The molecule has 0 bridgehead atoms. The second-order valence-corrected chi connectivity index (χ2v) is 6.90. The SMILES string of the molecule is Cc1ccc([C@H](CNC(=O)c2ccc(F)cc2)N2CCC(C)CC2)o1. The lowest BCUT2D eigenvalue weighted by atomic mass is 9.97. The Labute approximate surface area is 148 Å². The summed E-state index contributed by atoms with van der Waals surface area (Å²) in [5.74, 6) is 1.95. The summed E-state index contributed by atoms with van der Waals surface area (Å²) in [6, 6.07) is 9.56. The van der Waals surface area contributed by atoms with Crippen LogP contribution in [0.25, 0.3) is 0 Å². The van der Waals surface area contributed by atoms with Gasteiger partial charge in [-0.2, -0.15) is 0 Å². The Morgan fingerprint density at radius 3 is 2.52 bits per heavy atom. The van der Waals surface area contributed by atoms with Crippen molar-refractivity contribution in [1.82, 2.24) is 10.2 Å². The lowest BCUT2D eigenvalue weighted by Crippen LogP contribution is -2.41. The molecular formula is C20H25FN2O2. The van der Waals surface area contributed by atoms with Crippen LogP contribution >= 0.6 is 0 Å². The second-order valence-electron chi connectivity index (χ2n) is 6.90. The summed E-state index contributed by atoms with van der Waals surface area (Å²) in [6.45, 7) is 6.67. The lowest BCUT2D eigenvalue weighted by Gasteiger charge is -2.35. The number of aryl methyl sites for hydroxylation is 1. The van der Waals surface area contributed by atoms with Gasteiger partial charge in [-0.1, -0.05) is 6.92 Å². The number of benzene rings is 1. The quantitative estimate of drug-likeness (QED) is 0.894. The van der Waals surface area contributed by atoms with E-state index >= 15 is 0 Å². The largest absolute Gasteiger partial charge is 0.465 e. The molecule has 25 heavy (non-hydrogen) atoms. The average molecular weight is 344 g/mol. The minimum absolute atomic E-state index is 0.0191. The van der Waals surface area contributed by atoms with Crippen molar-refractivity contribution >= 4 is 5.91 Å². The van der Waals surface area contributed by atoms with Crippen molar-refractivity contribution in [2.75, 3.05) is 19.6 Å². The first kappa shape index (κ1) is 17.7. The third-order valence-electron chi connectivity index (χ3n) is 4.91. The minimum atomic E-state index is -0.345. The molecule has 134 valence electrons. The van der Waals surface area contributed by atoms with E-state index in [0.29, 0.717) is 12.1 Å². The highest BCUT2D eigenvalue weighted by Crippen LogP contribution is 2.27. The van der Waals surface area contributed by atoms with Gasteiger partial charge in [-0.3, -0.25) is 9.69 Å². The molecule has 1 fully saturated rings. The molecular weight excluding hydrogens is 319 g/mol. The number of carbonyl (C=O) groups is 1. The molecule has 1 N–H and O–H groups in total. The van der Waals surface area contributed by atoms with E-state index in [9.17, 15) is 9.18 Å². The van der Waals surface area contributed by atoms with Crippen LogP contribution in [0.1, 0.15) is 47.7 Å². The Balaban J connectivity index is 1.69. The van der Waals surface area contributed by atoms with Crippen molar-refractivity contribution in [3.63, 3.8) is 0 Å². The number of rotatable bonds is 5. The molecule has 0 unspecified atom stereocenters. The van der Waals surface area contributed by atoms with Crippen LogP contribution in [0, 0.1) is 18.7 Å². The van der Waals surface area contributed by atoms with E-state index in [4.69, 9.17) is 4.42 Å². The van der Waals surface area contributed by atoms with Gasteiger partial charge in [-0.25, -0.2) is 4.39 Å². The van der Waals surface area contributed by atoms with Gasteiger partial charge in [0.2, 0.25) is 0 Å². The smallest absolute Gasteiger partial charge is 0.251 e. The molecule has 4 nitrogen and oxygen atoms in total. The lowest BCUT2D eigenvalue weighted by molar-refractivity contribution is 0.0895. The predicted molar refractivity (Wildman–Crippen MR) is 94.9 cm³/mol. The van der Waals surface area contributed by atoms with Crippen molar-refractivity contribution in [1.29, 1.82) is 0 Å². The number of nitrogens with zero attached hydrogens (tertiary/aromatic N) is 1. The Morgan fingerprint density at radius 1 is 1.24 bits per heavy atom. The number of hydrogen-bond donors (Lipinski definition) is 1. The maximum Gasteiger partial charge on any atom is 0.251 e. The summed E-state index contributed by atoms with van der Waals surface area (Å²) >= 11 is 0. The zero-order valence-electron chi connectivity index (χ0n) is 14.8. The zero-order chi connectivity index (χ0) is 17.8. The number of likely N-dealkylation sites (tertiary alicyclic amines) is 1. The summed E-state index contributed by atoms with van der Waals surface area (Å²) < 4.78 is 18.8. The van der Waals surface area contributed by atoms with E-state index in [1.165, 1.54) is 24.3 Å². The molecule has 2 aromatic rings. The summed E-state index contributed by atoms with van der Waals surface area (Å²) in [4.78, 5) is 14.7. The van der Waals surface area contributed by atoms with Crippen LogP contribution in [0.4, 0.5) is 4.39 Å². The van der Waals surface area contributed by atoms with Crippen LogP contribution in [-0.2, 0) is 0 Å². The van der Waals surface area contributed by atoms with Gasteiger partial charge < -0.3 is 9.73 Å². The average Bonchev–Trinajstić information content (AvgIpc) is 3.03. The fourth-order valence-corrected chi connectivity index (χ4v) is 3.28. The number of nitrogens with one attached hydrogen (secondary N) is 1. The number of amides is 1. The third-order valence-corrected chi connectivity index (χ3v) is 4.91. The van der Waals surface area contributed by atoms with Crippen LogP contribution in [0.3, 0.4) is 0 Å². The van der Waals surface area contributed by atoms with Gasteiger partial charge in [-0.05, 0) is 75.2 Å². The monoisotopic (exact) mass is 344 g/mol. The van der Waals surface area contributed by atoms with E-state index in [1.54, 1.807) is 0 Å². The molecule has 5 heteroatoms. The van der Waals surface area contributed by atoms with Crippen molar-refractivity contribution in [2.24, 2.45) is 5.92 Å². The Kier molecular flexibility index (Phi) is 5.53. The fraction of sp³-hybridized carbons (Fsp3) is 0.450. The third kappa shape index (κ3) is 4.48. The maximum atomic E-state index is 13.0. The minimum Gasteiger partial charge on any atom is -0.465 e. The first-order valence-electron chi connectivity index (χ1n) is 8.87. The van der Waals surface area contributed by atoms with E-state index in [2.05, 4.69) is 17.1 Å². The van der Waals surface area contributed by atoms with Crippen molar-refractivity contribution in [3.8, 4) is 0 Å².